The van der Waals surface area contributed by atoms with Crippen LogP contribution in [-0.4, -0.2) is 18.0 Å². The molecule has 1 amide bonds. The number of halogens is 2. The van der Waals surface area contributed by atoms with Gasteiger partial charge in [-0.05, 0) is 30.5 Å². The molecule has 0 bridgehead atoms. The van der Waals surface area contributed by atoms with E-state index < -0.39 is 18.0 Å². The predicted octanol–water partition coefficient (Wildman–Crippen LogP) is 5.33. The second-order valence-corrected chi connectivity index (χ2v) is 6.47. The molecule has 0 aliphatic heterocycles. The molecule has 0 saturated carbocycles. The molecule has 1 unspecified atom stereocenters. The average Bonchev–Trinajstić information content (AvgIpc) is 2.61. The van der Waals surface area contributed by atoms with Crippen LogP contribution in [-0.2, 0) is 9.53 Å². The van der Waals surface area contributed by atoms with Crippen LogP contribution < -0.4 is 5.32 Å². The Balaban J connectivity index is 1.75. The summed E-state index contributed by atoms with van der Waals surface area (Å²) in [6, 6.07) is 17.9. The maximum absolute atomic E-state index is 12.4. The molecule has 3 aromatic rings. The van der Waals surface area contributed by atoms with Gasteiger partial charge < -0.3 is 10.1 Å². The van der Waals surface area contributed by atoms with Crippen molar-refractivity contribution in [2.75, 3.05) is 5.32 Å². The first kappa shape index (κ1) is 18.2. The molecule has 132 valence electrons. The zero-order valence-corrected chi connectivity index (χ0v) is 15.3. The molecule has 0 radical (unpaired) electrons. The first-order valence-corrected chi connectivity index (χ1v) is 8.66. The Labute approximate surface area is 160 Å². The number of anilines is 1. The van der Waals surface area contributed by atoms with Gasteiger partial charge in [0, 0.05) is 11.1 Å². The molecular weight excluding hydrogens is 373 g/mol. The number of carbonyl (C=O) groups is 2. The van der Waals surface area contributed by atoms with Crippen LogP contribution in [0.1, 0.15) is 17.3 Å². The lowest BCUT2D eigenvalue weighted by molar-refractivity contribution is -0.123. The van der Waals surface area contributed by atoms with Crippen molar-refractivity contribution in [2.45, 2.75) is 13.0 Å². The van der Waals surface area contributed by atoms with Gasteiger partial charge in [0.05, 0.1) is 15.6 Å². The SMILES string of the molecule is CC(OC(=O)c1c(Cl)cccc1Cl)C(=O)Nc1cccc2ccccc12. The van der Waals surface area contributed by atoms with E-state index in [4.69, 9.17) is 27.9 Å². The van der Waals surface area contributed by atoms with Gasteiger partial charge in [-0.2, -0.15) is 0 Å². The number of ether oxygens (including phenoxy) is 1. The van der Waals surface area contributed by atoms with Crippen LogP contribution in [0.5, 0.6) is 0 Å². The minimum absolute atomic E-state index is 0.0423. The summed E-state index contributed by atoms with van der Waals surface area (Å²) in [5.74, 6) is -1.20. The minimum Gasteiger partial charge on any atom is -0.449 e. The number of carbonyl (C=O) groups excluding carboxylic acids is 2. The molecule has 0 aromatic heterocycles. The molecule has 1 N–H and O–H groups in total. The third-order valence-corrected chi connectivity index (χ3v) is 4.50. The number of esters is 1. The lowest BCUT2D eigenvalue weighted by Crippen LogP contribution is -2.30. The summed E-state index contributed by atoms with van der Waals surface area (Å²) < 4.78 is 5.22. The van der Waals surface area contributed by atoms with Crippen molar-refractivity contribution in [3.63, 3.8) is 0 Å². The summed E-state index contributed by atoms with van der Waals surface area (Å²) in [6.07, 6.45) is -1.02. The maximum atomic E-state index is 12.4. The smallest absolute Gasteiger partial charge is 0.341 e. The van der Waals surface area contributed by atoms with Crippen molar-refractivity contribution < 1.29 is 14.3 Å². The number of hydrogen-bond acceptors (Lipinski definition) is 3. The van der Waals surface area contributed by atoms with Gasteiger partial charge in [-0.15, -0.1) is 0 Å². The third-order valence-electron chi connectivity index (χ3n) is 3.87. The van der Waals surface area contributed by atoms with Crippen LogP contribution in [0, 0.1) is 0 Å². The highest BCUT2D eigenvalue weighted by Gasteiger charge is 2.23. The largest absolute Gasteiger partial charge is 0.449 e. The van der Waals surface area contributed by atoms with E-state index in [0.29, 0.717) is 5.69 Å². The number of rotatable bonds is 4. The zero-order valence-electron chi connectivity index (χ0n) is 13.8. The standard InChI is InChI=1S/C20H15Cl2NO3/c1-12(26-20(25)18-15(21)9-5-10-16(18)22)19(24)23-17-11-4-7-13-6-2-3-8-14(13)17/h2-12H,1H3,(H,23,24). The van der Waals surface area contributed by atoms with Crippen LogP contribution in [0.15, 0.2) is 60.7 Å². The highest BCUT2D eigenvalue weighted by Crippen LogP contribution is 2.26. The molecule has 1 atom stereocenters. The van der Waals surface area contributed by atoms with Crippen molar-refractivity contribution in [1.29, 1.82) is 0 Å². The van der Waals surface area contributed by atoms with E-state index in [1.54, 1.807) is 12.1 Å². The molecule has 0 aliphatic rings. The highest BCUT2D eigenvalue weighted by atomic mass is 35.5. The van der Waals surface area contributed by atoms with E-state index in [1.807, 2.05) is 36.4 Å². The molecule has 26 heavy (non-hydrogen) atoms. The second-order valence-electron chi connectivity index (χ2n) is 5.66. The van der Waals surface area contributed by atoms with Gasteiger partial charge in [0.25, 0.3) is 5.91 Å². The van der Waals surface area contributed by atoms with E-state index >= 15 is 0 Å². The Hall–Kier alpha value is -2.56. The van der Waals surface area contributed by atoms with E-state index in [9.17, 15) is 9.59 Å². The fourth-order valence-electron chi connectivity index (χ4n) is 2.53. The van der Waals surface area contributed by atoms with Crippen LogP contribution >= 0.6 is 23.2 Å². The normalized spacial score (nSPS) is 11.8. The van der Waals surface area contributed by atoms with Gasteiger partial charge in [0.15, 0.2) is 6.10 Å². The van der Waals surface area contributed by atoms with Crippen molar-refractivity contribution in [3.05, 3.63) is 76.3 Å². The second kappa shape index (κ2) is 7.77. The Kier molecular flexibility index (Phi) is 5.45. The molecule has 0 aliphatic carbocycles. The fourth-order valence-corrected chi connectivity index (χ4v) is 3.09. The Morgan fingerprint density at radius 1 is 0.923 bits per heavy atom. The number of benzene rings is 3. The van der Waals surface area contributed by atoms with Gasteiger partial charge in [-0.25, -0.2) is 4.79 Å². The summed E-state index contributed by atoms with van der Waals surface area (Å²) in [4.78, 5) is 24.7. The Bertz CT molecular complexity index is 962. The Morgan fingerprint density at radius 2 is 1.54 bits per heavy atom. The summed E-state index contributed by atoms with van der Waals surface area (Å²) >= 11 is 12.0. The minimum atomic E-state index is -1.02. The topological polar surface area (TPSA) is 55.4 Å². The number of amides is 1. The highest BCUT2D eigenvalue weighted by molar-refractivity contribution is 6.39. The maximum Gasteiger partial charge on any atom is 0.341 e. The van der Waals surface area contributed by atoms with Gasteiger partial charge in [-0.3, -0.25) is 4.79 Å². The molecule has 3 aromatic carbocycles. The van der Waals surface area contributed by atoms with Crippen molar-refractivity contribution in [2.24, 2.45) is 0 Å². The molecule has 0 spiro atoms. The van der Waals surface area contributed by atoms with Gasteiger partial charge in [-0.1, -0.05) is 65.7 Å². The quantitative estimate of drug-likeness (QED) is 0.615. The van der Waals surface area contributed by atoms with Gasteiger partial charge >= 0.3 is 5.97 Å². The monoisotopic (exact) mass is 387 g/mol. The third kappa shape index (κ3) is 3.82. The van der Waals surface area contributed by atoms with Crippen LogP contribution in [0.4, 0.5) is 5.69 Å². The lowest BCUT2D eigenvalue weighted by Gasteiger charge is -2.15. The predicted molar refractivity (Wildman–Crippen MR) is 104 cm³/mol. The molecule has 4 nitrogen and oxygen atoms in total. The first-order valence-electron chi connectivity index (χ1n) is 7.91. The molecule has 0 saturated heterocycles. The van der Waals surface area contributed by atoms with E-state index in [2.05, 4.69) is 5.32 Å². The molecule has 0 fully saturated rings. The van der Waals surface area contributed by atoms with Crippen molar-refractivity contribution in [1.82, 2.24) is 0 Å². The Morgan fingerprint density at radius 3 is 2.27 bits per heavy atom. The van der Waals surface area contributed by atoms with Gasteiger partial charge in [0.2, 0.25) is 0 Å². The van der Waals surface area contributed by atoms with Crippen molar-refractivity contribution in [3.8, 4) is 0 Å². The molecule has 6 heteroatoms. The van der Waals surface area contributed by atoms with E-state index in [1.165, 1.54) is 19.1 Å². The summed E-state index contributed by atoms with van der Waals surface area (Å²) in [5.41, 5.74) is 0.687. The lowest BCUT2D eigenvalue weighted by atomic mass is 10.1. The van der Waals surface area contributed by atoms with Crippen LogP contribution in [0.2, 0.25) is 10.0 Å². The number of fused-ring (bicyclic) bond motifs is 1. The summed E-state index contributed by atoms with van der Waals surface area (Å²) in [7, 11) is 0. The molecular formula is C20H15Cl2NO3. The summed E-state index contributed by atoms with van der Waals surface area (Å²) in [6.45, 7) is 1.49. The van der Waals surface area contributed by atoms with E-state index in [-0.39, 0.29) is 15.6 Å². The number of hydrogen-bond donors (Lipinski definition) is 1. The first-order chi connectivity index (χ1) is 12.5. The van der Waals surface area contributed by atoms with Crippen molar-refractivity contribution >= 4 is 51.5 Å². The zero-order chi connectivity index (χ0) is 18.7. The van der Waals surface area contributed by atoms with Crippen LogP contribution in [0.3, 0.4) is 0 Å². The van der Waals surface area contributed by atoms with Gasteiger partial charge in [0.1, 0.15) is 0 Å². The average molecular weight is 388 g/mol. The number of nitrogens with one attached hydrogen (secondary N) is 1. The van der Waals surface area contributed by atoms with Crippen LogP contribution in [0.25, 0.3) is 10.8 Å². The summed E-state index contributed by atoms with van der Waals surface area (Å²) in [5, 5.41) is 5.03. The molecule has 3 rings (SSSR count). The fraction of sp³-hybridized carbons (Fsp3) is 0.100. The molecule has 0 heterocycles. The van der Waals surface area contributed by atoms with E-state index in [0.717, 1.165) is 10.8 Å².